The predicted octanol–water partition coefficient (Wildman–Crippen LogP) is 3.22. The lowest BCUT2D eigenvalue weighted by atomic mass is 10.2. The minimum Gasteiger partial charge on any atom is -0.493 e. The maximum atomic E-state index is 11.7. The van der Waals surface area contributed by atoms with Crippen LogP contribution < -0.4 is 14.8 Å². The van der Waals surface area contributed by atoms with Crippen molar-refractivity contribution in [2.75, 3.05) is 20.8 Å². The molecular formula is C18H24ClNO5. The molecule has 0 heterocycles. The lowest BCUT2D eigenvalue weighted by Crippen LogP contribution is -2.36. The van der Waals surface area contributed by atoms with E-state index in [2.05, 4.69) is 5.32 Å². The van der Waals surface area contributed by atoms with Crippen LogP contribution in [-0.2, 0) is 14.3 Å². The standard InChI is InChI=1S/C18H24ClNO5/c1-5-13(6-2)20-16(21)11-25-17(22)8-7-12-9-14(19)18(24-4)15(10-12)23-3/h7-10,13H,5-6,11H2,1-4H3,(H,20,21)/b8-7+. The number of ether oxygens (including phenoxy) is 3. The summed E-state index contributed by atoms with van der Waals surface area (Å²) < 4.78 is 15.3. The smallest absolute Gasteiger partial charge is 0.331 e. The SMILES string of the molecule is CCC(CC)NC(=O)COC(=O)/C=C/c1cc(Cl)c(OC)c(OC)c1. The van der Waals surface area contributed by atoms with Crippen molar-refractivity contribution >= 4 is 29.6 Å². The molecule has 0 aliphatic carbocycles. The molecule has 0 spiro atoms. The van der Waals surface area contributed by atoms with Crippen LogP contribution >= 0.6 is 11.6 Å². The van der Waals surface area contributed by atoms with Crippen LogP contribution in [0.25, 0.3) is 6.08 Å². The van der Waals surface area contributed by atoms with Gasteiger partial charge in [-0.1, -0.05) is 25.4 Å². The van der Waals surface area contributed by atoms with Crippen molar-refractivity contribution < 1.29 is 23.8 Å². The highest BCUT2D eigenvalue weighted by Gasteiger charge is 2.11. The first-order valence-electron chi connectivity index (χ1n) is 8.00. The fourth-order valence-electron chi connectivity index (χ4n) is 2.15. The average Bonchev–Trinajstić information content (AvgIpc) is 2.61. The van der Waals surface area contributed by atoms with E-state index in [0.717, 1.165) is 12.8 Å². The minimum atomic E-state index is -0.620. The maximum Gasteiger partial charge on any atom is 0.331 e. The van der Waals surface area contributed by atoms with Gasteiger partial charge in [0.2, 0.25) is 0 Å². The fraction of sp³-hybridized carbons (Fsp3) is 0.444. The van der Waals surface area contributed by atoms with Crippen molar-refractivity contribution in [3.63, 3.8) is 0 Å². The van der Waals surface area contributed by atoms with E-state index in [1.807, 2.05) is 13.8 Å². The Kier molecular flexibility index (Phi) is 8.84. The van der Waals surface area contributed by atoms with E-state index in [9.17, 15) is 9.59 Å². The second kappa shape index (κ2) is 10.6. The van der Waals surface area contributed by atoms with Crippen molar-refractivity contribution in [2.24, 2.45) is 0 Å². The number of halogens is 1. The largest absolute Gasteiger partial charge is 0.493 e. The van der Waals surface area contributed by atoms with Crippen molar-refractivity contribution in [1.82, 2.24) is 5.32 Å². The molecule has 0 unspecified atom stereocenters. The van der Waals surface area contributed by atoms with Gasteiger partial charge in [-0.15, -0.1) is 0 Å². The number of rotatable bonds is 9. The fourth-order valence-corrected chi connectivity index (χ4v) is 2.44. The van der Waals surface area contributed by atoms with Crippen molar-refractivity contribution in [3.8, 4) is 11.5 Å². The minimum absolute atomic E-state index is 0.0932. The van der Waals surface area contributed by atoms with Crippen LogP contribution in [0.4, 0.5) is 0 Å². The Hall–Kier alpha value is -2.21. The highest BCUT2D eigenvalue weighted by molar-refractivity contribution is 6.32. The summed E-state index contributed by atoms with van der Waals surface area (Å²) in [6.07, 6.45) is 4.41. The molecule has 0 aliphatic rings. The zero-order valence-electron chi connectivity index (χ0n) is 14.9. The molecule has 0 radical (unpaired) electrons. The molecule has 25 heavy (non-hydrogen) atoms. The number of methoxy groups -OCH3 is 2. The van der Waals surface area contributed by atoms with Gasteiger partial charge in [0, 0.05) is 12.1 Å². The Balaban J connectivity index is 2.62. The Bertz CT molecular complexity index is 626. The summed E-state index contributed by atoms with van der Waals surface area (Å²) in [5.41, 5.74) is 0.640. The number of benzene rings is 1. The van der Waals surface area contributed by atoms with Gasteiger partial charge in [0.25, 0.3) is 5.91 Å². The quantitative estimate of drug-likeness (QED) is 0.534. The first-order valence-corrected chi connectivity index (χ1v) is 8.38. The van der Waals surface area contributed by atoms with Crippen LogP contribution in [0.2, 0.25) is 5.02 Å². The van der Waals surface area contributed by atoms with Crippen LogP contribution in [0.5, 0.6) is 11.5 Å². The second-order valence-corrected chi connectivity index (χ2v) is 5.67. The molecular weight excluding hydrogens is 346 g/mol. The van der Waals surface area contributed by atoms with E-state index in [1.165, 1.54) is 26.4 Å². The molecule has 0 saturated heterocycles. The molecule has 0 fully saturated rings. The molecule has 1 aromatic rings. The highest BCUT2D eigenvalue weighted by Crippen LogP contribution is 2.36. The molecule has 0 aromatic heterocycles. The summed E-state index contributed by atoms with van der Waals surface area (Å²) in [6, 6.07) is 3.40. The van der Waals surface area contributed by atoms with E-state index < -0.39 is 5.97 Å². The highest BCUT2D eigenvalue weighted by atomic mass is 35.5. The Morgan fingerprint density at radius 3 is 2.44 bits per heavy atom. The number of esters is 1. The summed E-state index contributed by atoms with van der Waals surface area (Å²) in [4.78, 5) is 23.4. The summed E-state index contributed by atoms with van der Waals surface area (Å²) in [5, 5.41) is 3.15. The zero-order valence-corrected chi connectivity index (χ0v) is 15.7. The molecule has 0 bridgehead atoms. The number of nitrogens with one attached hydrogen (secondary N) is 1. The number of carbonyl (C=O) groups is 2. The molecule has 1 amide bonds. The van der Waals surface area contributed by atoms with Crippen molar-refractivity contribution in [3.05, 3.63) is 28.8 Å². The topological polar surface area (TPSA) is 73.9 Å². The van der Waals surface area contributed by atoms with Gasteiger partial charge in [-0.2, -0.15) is 0 Å². The van der Waals surface area contributed by atoms with E-state index in [-0.39, 0.29) is 18.6 Å². The molecule has 0 saturated carbocycles. The first kappa shape index (κ1) is 20.8. The number of carbonyl (C=O) groups excluding carboxylic acids is 2. The monoisotopic (exact) mass is 369 g/mol. The Morgan fingerprint density at radius 1 is 1.20 bits per heavy atom. The van der Waals surface area contributed by atoms with Crippen LogP contribution in [0, 0.1) is 0 Å². The third-order valence-electron chi connectivity index (χ3n) is 3.56. The van der Waals surface area contributed by atoms with Gasteiger partial charge in [-0.25, -0.2) is 4.79 Å². The molecule has 1 N–H and O–H groups in total. The molecule has 6 nitrogen and oxygen atoms in total. The van der Waals surface area contributed by atoms with Gasteiger partial charge < -0.3 is 19.5 Å². The third kappa shape index (κ3) is 6.66. The number of hydrogen-bond donors (Lipinski definition) is 1. The van der Waals surface area contributed by atoms with Gasteiger partial charge >= 0.3 is 5.97 Å². The lowest BCUT2D eigenvalue weighted by molar-refractivity contribution is -0.144. The van der Waals surface area contributed by atoms with Crippen LogP contribution in [0.1, 0.15) is 32.3 Å². The van der Waals surface area contributed by atoms with Crippen molar-refractivity contribution in [2.45, 2.75) is 32.7 Å². The van der Waals surface area contributed by atoms with Gasteiger partial charge in [-0.3, -0.25) is 4.79 Å². The van der Waals surface area contributed by atoms with Crippen LogP contribution in [0.15, 0.2) is 18.2 Å². The molecule has 0 aliphatic heterocycles. The number of amides is 1. The predicted molar refractivity (Wildman–Crippen MR) is 97.1 cm³/mol. The summed E-state index contributed by atoms with van der Waals surface area (Å²) in [5.74, 6) is -0.0650. The van der Waals surface area contributed by atoms with E-state index in [1.54, 1.807) is 12.1 Å². The van der Waals surface area contributed by atoms with Gasteiger partial charge in [-0.05, 0) is 36.6 Å². The molecule has 1 rings (SSSR count). The first-order chi connectivity index (χ1) is 11.9. The molecule has 7 heteroatoms. The summed E-state index contributed by atoms with van der Waals surface area (Å²) in [7, 11) is 2.98. The zero-order chi connectivity index (χ0) is 18.8. The third-order valence-corrected chi connectivity index (χ3v) is 3.84. The van der Waals surface area contributed by atoms with E-state index in [0.29, 0.717) is 22.1 Å². The van der Waals surface area contributed by atoms with Gasteiger partial charge in [0.15, 0.2) is 18.1 Å². The van der Waals surface area contributed by atoms with Crippen LogP contribution in [0.3, 0.4) is 0 Å². The van der Waals surface area contributed by atoms with Crippen molar-refractivity contribution in [1.29, 1.82) is 0 Å². The summed E-state index contributed by atoms with van der Waals surface area (Å²) in [6.45, 7) is 3.65. The number of hydrogen-bond acceptors (Lipinski definition) is 5. The summed E-state index contributed by atoms with van der Waals surface area (Å²) >= 11 is 6.10. The van der Waals surface area contributed by atoms with E-state index >= 15 is 0 Å². The van der Waals surface area contributed by atoms with Crippen LogP contribution in [-0.4, -0.2) is 38.7 Å². The molecule has 1 aromatic carbocycles. The Morgan fingerprint density at radius 2 is 1.88 bits per heavy atom. The maximum absolute atomic E-state index is 11.7. The molecule has 138 valence electrons. The lowest BCUT2D eigenvalue weighted by Gasteiger charge is -2.14. The van der Waals surface area contributed by atoms with Gasteiger partial charge in [0.05, 0.1) is 19.2 Å². The second-order valence-electron chi connectivity index (χ2n) is 5.26. The average molecular weight is 370 g/mol. The van der Waals surface area contributed by atoms with Gasteiger partial charge in [0.1, 0.15) is 0 Å². The van der Waals surface area contributed by atoms with E-state index in [4.69, 9.17) is 25.8 Å². The normalized spacial score (nSPS) is 10.8. The molecule has 0 atom stereocenters. The Labute approximate surface area is 153 Å².